The number of hydrogen-bond acceptors (Lipinski definition) is 3. The molecule has 2 aromatic rings. The zero-order chi connectivity index (χ0) is 16.3. The van der Waals surface area contributed by atoms with Gasteiger partial charge in [0.05, 0.1) is 10.6 Å². The van der Waals surface area contributed by atoms with Crippen molar-refractivity contribution in [3.8, 4) is 0 Å². The fraction of sp³-hybridized carbons (Fsp3) is 0.0714. The van der Waals surface area contributed by atoms with Gasteiger partial charge in [0.2, 0.25) is 5.91 Å². The second kappa shape index (κ2) is 7.13. The van der Waals surface area contributed by atoms with Crippen LogP contribution in [0.1, 0.15) is 6.92 Å². The zero-order valence-corrected chi connectivity index (χ0v) is 16.6. The highest BCUT2D eigenvalue weighted by atomic mass is 127. The topological polar surface area (TPSA) is 75.3 Å². The maximum absolute atomic E-state index is 12.4. The molecule has 22 heavy (non-hydrogen) atoms. The number of halogens is 2. The monoisotopic (exact) mass is 542 g/mol. The van der Waals surface area contributed by atoms with Crippen molar-refractivity contribution < 1.29 is 13.2 Å². The molecule has 2 aromatic carbocycles. The number of carbonyl (C=O) groups excluding carboxylic acids is 1. The minimum absolute atomic E-state index is 0.135. The highest BCUT2D eigenvalue weighted by Crippen LogP contribution is 2.24. The Morgan fingerprint density at radius 1 is 1.05 bits per heavy atom. The van der Waals surface area contributed by atoms with E-state index in [1.54, 1.807) is 18.2 Å². The van der Waals surface area contributed by atoms with E-state index in [0.717, 1.165) is 7.14 Å². The van der Waals surface area contributed by atoms with E-state index in [0.29, 0.717) is 11.4 Å². The summed E-state index contributed by atoms with van der Waals surface area (Å²) >= 11 is 4.25. The minimum atomic E-state index is -3.66. The third-order valence-corrected chi connectivity index (χ3v) is 5.61. The van der Waals surface area contributed by atoms with E-state index in [9.17, 15) is 13.2 Å². The van der Waals surface area contributed by atoms with Crippen LogP contribution in [0, 0.1) is 7.14 Å². The number of benzene rings is 2. The van der Waals surface area contributed by atoms with Crippen molar-refractivity contribution in [3.63, 3.8) is 0 Å². The van der Waals surface area contributed by atoms with Gasteiger partial charge in [-0.25, -0.2) is 8.42 Å². The number of nitrogens with one attached hydrogen (secondary N) is 2. The van der Waals surface area contributed by atoms with Crippen molar-refractivity contribution >= 4 is 72.5 Å². The molecule has 8 heteroatoms. The van der Waals surface area contributed by atoms with E-state index >= 15 is 0 Å². The summed E-state index contributed by atoms with van der Waals surface area (Å²) in [7, 11) is -3.66. The van der Waals surface area contributed by atoms with E-state index in [-0.39, 0.29) is 10.8 Å². The van der Waals surface area contributed by atoms with Gasteiger partial charge in [0.25, 0.3) is 10.0 Å². The molecule has 2 N–H and O–H groups in total. The molecule has 0 aliphatic carbocycles. The van der Waals surface area contributed by atoms with Crippen molar-refractivity contribution in [1.29, 1.82) is 0 Å². The van der Waals surface area contributed by atoms with E-state index in [1.807, 2.05) is 12.1 Å². The van der Waals surface area contributed by atoms with Crippen LogP contribution in [-0.2, 0) is 14.8 Å². The molecule has 0 radical (unpaired) electrons. The molecule has 0 bridgehead atoms. The Bertz CT molecular complexity index is 805. The van der Waals surface area contributed by atoms with Crippen LogP contribution in [0.3, 0.4) is 0 Å². The number of hydrogen-bond donors (Lipinski definition) is 2. The Hall–Kier alpha value is -0.880. The average Bonchev–Trinajstić information content (AvgIpc) is 2.42. The van der Waals surface area contributed by atoms with Crippen molar-refractivity contribution in [3.05, 3.63) is 49.6 Å². The molecule has 0 saturated carbocycles. The Labute approximate surface area is 156 Å². The highest BCUT2D eigenvalue weighted by molar-refractivity contribution is 14.1. The van der Waals surface area contributed by atoms with Crippen LogP contribution in [0.4, 0.5) is 11.4 Å². The third kappa shape index (κ3) is 4.56. The molecule has 0 spiro atoms. The van der Waals surface area contributed by atoms with Gasteiger partial charge in [-0.15, -0.1) is 0 Å². The number of rotatable bonds is 4. The summed E-state index contributed by atoms with van der Waals surface area (Å²) in [6.07, 6.45) is 0. The smallest absolute Gasteiger partial charge is 0.261 e. The van der Waals surface area contributed by atoms with Crippen LogP contribution >= 0.6 is 45.2 Å². The normalized spacial score (nSPS) is 11.0. The summed E-state index contributed by atoms with van der Waals surface area (Å²) < 4.78 is 29.2. The fourth-order valence-corrected chi connectivity index (χ4v) is 4.70. The Morgan fingerprint density at radius 2 is 1.68 bits per heavy atom. The lowest BCUT2D eigenvalue weighted by Gasteiger charge is -2.11. The van der Waals surface area contributed by atoms with Gasteiger partial charge in [-0.3, -0.25) is 9.52 Å². The maximum atomic E-state index is 12.4. The lowest BCUT2D eigenvalue weighted by atomic mass is 10.3. The number of sulfonamides is 1. The number of amides is 1. The second-order valence-corrected chi connectivity index (χ2v) is 8.53. The van der Waals surface area contributed by atoms with Crippen LogP contribution < -0.4 is 10.0 Å². The van der Waals surface area contributed by atoms with Crippen molar-refractivity contribution in [2.45, 2.75) is 11.8 Å². The largest absolute Gasteiger partial charge is 0.326 e. The molecule has 116 valence electrons. The first-order chi connectivity index (χ1) is 10.3. The number of carbonyl (C=O) groups is 1. The first kappa shape index (κ1) is 17.5. The third-order valence-electron chi connectivity index (χ3n) is 2.66. The Morgan fingerprint density at radius 3 is 2.23 bits per heavy atom. The van der Waals surface area contributed by atoms with Gasteiger partial charge in [0.1, 0.15) is 0 Å². The zero-order valence-electron chi connectivity index (χ0n) is 11.4. The predicted octanol–water partition coefficient (Wildman–Crippen LogP) is 3.66. The molecule has 0 aliphatic rings. The van der Waals surface area contributed by atoms with Crippen LogP contribution in [0.2, 0.25) is 0 Å². The summed E-state index contributed by atoms with van der Waals surface area (Å²) in [6, 6.07) is 11.5. The van der Waals surface area contributed by atoms with E-state index in [4.69, 9.17) is 0 Å². The van der Waals surface area contributed by atoms with Gasteiger partial charge >= 0.3 is 0 Å². The molecule has 0 fully saturated rings. The SMILES string of the molecule is CC(=O)Nc1ccc(S(=O)(=O)Nc2ccc(I)cc2I)cc1. The summed E-state index contributed by atoms with van der Waals surface area (Å²) in [4.78, 5) is 11.1. The minimum Gasteiger partial charge on any atom is -0.326 e. The summed E-state index contributed by atoms with van der Waals surface area (Å²) in [5, 5.41) is 2.59. The summed E-state index contributed by atoms with van der Waals surface area (Å²) in [5.41, 5.74) is 1.09. The highest BCUT2D eigenvalue weighted by Gasteiger charge is 2.15. The van der Waals surface area contributed by atoms with Gasteiger partial charge in [0, 0.05) is 19.8 Å². The average molecular weight is 542 g/mol. The summed E-state index contributed by atoms with van der Waals surface area (Å²) in [6.45, 7) is 1.39. The first-order valence-electron chi connectivity index (χ1n) is 6.13. The molecule has 5 nitrogen and oxygen atoms in total. The van der Waals surface area contributed by atoms with Crippen molar-refractivity contribution in [2.24, 2.45) is 0 Å². The molecule has 0 atom stereocenters. The molecule has 0 aliphatic heterocycles. The van der Waals surface area contributed by atoms with Crippen LogP contribution in [-0.4, -0.2) is 14.3 Å². The summed E-state index contributed by atoms with van der Waals surface area (Å²) in [5.74, 6) is -0.206. The van der Waals surface area contributed by atoms with Crippen molar-refractivity contribution in [2.75, 3.05) is 10.0 Å². The van der Waals surface area contributed by atoms with E-state index in [1.165, 1.54) is 19.1 Å². The van der Waals surface area contributed by atoms with Gasteiger partial charge in [-0.2, -0.15) is 0 Å². The second-order valence-electron chi connectivity index (χ2n) is 4.44. The first-order valence-corrected chi connectivity index (χ1v) is 9.77. The lowest BCUT2D eigenvalue weighted by Crippen LogP contribution is -2.14. The lowest BCUT2D eigenvalue weighted by molar-refractivity contribution is -0.114. The Balaban J connectivity index is 2.24. The number of anilines is 2. The molecular formula is C14H12I2N2O3S. The van der Waals surface area contributed by atoms with Gasteiger partial charge < -0.3 is 5.32 Å². The van der Waals surface area contributed by atoms with Gasteiger partial charge in [0.15, 0.2) is 0 Å². The van der Waals surface area contributed by atoms with Gasteiger partial charge in [-0.05, 0) is 87.6 Å². The van der Waals surface area contributed by atoms with Crippen molar-refractivity contribution in [1.82, 2.24) is 0 Å². The molecule has 1 amide bonds. The molecule has 0 saturated heterocycles. The van der Waals surface area contributed by atoms with Crippen LogP contribution in [0.5, 0.6) is 0 Å². The molecule has 0 heterocycles. The quantitative estimate of drug-likeness (QED) is 0.580. The predicted molar refractivity (Wildman–Crippen MR) is 103 cm³/mol. The van der Waals surface area contributed by atoms with Gasteiger partial charge in [-0.1, -0.05) is 0 Å². The Kier molecular flexibility index (Phi) is 5.66. The molecule has 2 rings (SSSR count). The maximum Gasteiger partial charge on any atom is 0.261 e. The molecular weight excluding hydrogens is 530 g/mol. The van der Waals surface area contributed by atoms with E-state index < -0.39 is 10.0 Å². The molecule has 0 aromatic heterocycles. The molecule has 0 unspecified atom stereocenters. The standard InChI is InChI=1S/C14H12I2N2O3S/c1-9(19)17-11-3-5-12(6-4-11)22(20,21)18-14-7-2-10(15)8-13(14)16/h2-8,18H,1H3,(H,17,19). The van der Waals surface area contributed by atoms with E-state index in [2.05, 4.69) is 55.2 Å². The van der Waals surface area contributed by atoms with Crippen LogP contribution in [0.25, 0.3) is 0 Å². The van der Waals surface area contributed by atoms with Crippen LogP contribution in [0.15, 0.2) is 47.4 Å². The fourth-order valence-electron chi connectivity index (χ4n) is 1.70.